The maximum absolute atomic E-state index is 13.0. The van der Waals surface area contributed by atoms with Crippen molar-refractivity contribution in [3.8, 4) is 6.07 Å². The van der Waals surface area contributed by atoms with Crippen LogP contribution in [0, 0.1) is 18.3 Å². The Labute approximate surface area is 191 Å². The molecule has 0 aliphatic carbocycles. The molecular weight excluding hydrogens is 436 g/mol. The second-order valence-electron chi connectivity index (χ2n) is 7.70. The van der Waals surface area contributed by atoms with Crippen molar-refractivity contribution >= 4 is 46.1 Å². The van der Waals surface area contributed by atoms with Crippen LogP contribution in [0.2, 0.25) is 0 Å². The van der Waals surface area contributed by atoms with Crippen molar-refractivity contribution in [3.05, 3.63) is 31.9 Å². The normalized spacial score (nSPS) is 23.0. The van der Waals surface area contributed by atoms with Gasteiger partial charge in [0.1, 0.15) is 21.8 Å². The van der Waals surface area contributed by atoms with E-state index in [0.717, 1.165) is 0 Å². The number of nitriles is 1. The number of carbonyl (C=O) groups excluding carboxylic acids is 1. The summed E-state index contributed by atoms with van der Waals surface area (Å²) in [5.74, 6) is 0.471. The second-order valence-corrected chi connectivity index (χ2v) is 9.38. The summed E-state index contributed by atoms with van der Waals surface area (Å²) < 4.78 is 12.9. The molecule has 31 heavy (non-hydrogen) atoms. The van der Waals surface area contributed by atoms with E-state index in [0.29, 0.717) is 52.4 Å². The molecule has 8 nitrogen and oxygen atoms in total. The molecule has 2 aliphatic heterocycles. The number of thioether (sulfide) groups is 1. The van der Waals surface area contributed by atoms with Crippen molar-refractivity contribution in [2.75, 3.05) is 38.3 Å². The van der Waals surface area contributed by atoms with Crippen molar-refractivity contribution in [1.29, 1.82) is 5.26 Å². The zero-order chi connectivity index (χ0) is 22.9. The lowest BCUT2D eigenvalue weighted by molar-refractivity contribution is -0.122. The molecule has 3 rings (SSSR count). The molecule has 1 aromatic rings. The summed E-state index contributed by atoms with van der Waals surface area (Å²) in [6, 6.07) is 2.02. The Morgan fingerprint density at radius 3 is 2.55 bits per heavy atom. The van der Waals surface area contributed by atoms with Crippen molar-refractivity contribution < 1.29 is 14.3 Å². The molecule has 1 aromatic heterocycles. The number of anilines is 1. The van der Waals surface area contributed by atoms with Crippen LogP contribution in [0.5, 0.6) is 0 Å². The van der Waals surface area contributed by atoms with Crippen LogP contribution in [0.25, 0.3) is 6.08 Å². The molecule has 0 radical (unpaired) electrons. The molecule has 3 heterocycles. The van der Waals surface area contributed by atoms with Gasteiger partial charge < -0.3 is 14.4 Å². The lowest BCUT2D eigenvalue weighted by Gasteiger charge is -2.38. The lowest BCUT2D eigenvalue weighted by Crippen LogP contribution is -2.47. The first-order chi connectivity index (χ1) is 14.7. The van der Waals surface area contributed by atoms with Crippen LogP contribution >= 0.6 is 24.0 Å². The highest BCUT2D eigenvalue weighted by Gasteiger charge is 2.33. The molecule has 10 heteroatoms. The molecule has 166 valence electrons. The summed E-state index contributed by atoms with van der Waals surface area (Å²) >= 11 is 6.59. The van der Waals surface area contributed by atoms with E-state index in [2.05, 4.69) is 4.90 Å². The Balaban J connectivity index is 2.15. The summed E-state index contributed by atoms with van der Waals surface area (Å²) in [4.78, 5) is 29.9. The van der Waals surface area contributed by atoms with Gasteiger partial charge in [-0.25, -0.2) is 0 Å². The average molecular weight is 463 g/mol. The fraction of sp³-hybridized carbons (Fsp3) is 0.524. The average Bonchev–Trinajstić information content (AvgIpc) is 2.97. The third-order valence-corrected chi connectivity index (χ3v) is 6.73. The van der Waals surface area contributed by atoms with Crippen molar-refractivity contribution in [3.63, 3.8) is 0 Å². The molecule has 0 saturated carbocycles. The number of methoxy groups -OCH3 is 1. The van der Waals surface area contributed by atoms with Crippen LogP contribution in [0.1, 0.15) is 30.5 Å². The molecule has 1 amide bonds. The van der Waals surface area contributed by atoms with Gasteiger partial charge in [-0.05, 0) is 32.4 Å². The van der Waals surface area contributed by atoms with Gasteiger partial charge in [0.15, 0.2) is 0 Å². The van der Waals surface area contributed by atoms with Crippen LogP contribution in [-0.4, -0.2) is 65.3 Å². The van der Waals surface area contributed by atoms with E-state index in [9.17, 15) is 14.9 Å². The Bertz CT molecular complexity index is 1030. The highest BCUT2D eigenvalue weighted by molar-refractivity contribution is 8.26. The van der Waals surface area contributed by atoms with Gasteiger partial charge in [-0.2, -0.15) is 5.26 Å². The Hall–Kier alpha value is -2.19. The number of hydrogen-bond donors (Lipinski definition) is 0. The van der Waals surface area contributed by atoms with E-state index in [4.69, 9.17) is 21.7 Å². The number of hydrogen-bond acceptors (Lipinski definition) is 8. The summed E-state index contributed by atoms with van der Waals surface area (Å²) in [7, 11) is 3.23. The lowest BCUT2D eigenvalue weighted by atomic mass is 10.0. The van der Waals surface area contributed by atoms with Crippen LogP contribution in [-0.2, 0) is 21.3 Å². The fourth-order valence-corrected chi connectivity index (χ4v) is 5.24. The van der Waals surface area contributed by atoms with Gasteiger partial charge in [0.25, 0.3) is 11.5 Å². The number of rotatable bonds is 5. The number of carbonyl (C=O) groups is 1. The van der Waals surface area contributed by atoms with Crippen LogP contribution in [0.4, 0.5) is 5.82 Å². The predicted octanol–water partition coefficient (Wildman–Crippen LogP) is 2.03. The smallest absolute Gasteiger partial charge is 0.270 e. The second kappa shape index (κ2) is 9.53. The first-order valence-electron chi connectivity index (χ1n) is 9.98. The largest absolute Gasteiger partial charge is 0.383 e. The van der Waals surface area contributed by atoms with E-state index in [-0.39, 0.29) is 29.2 Å². The minimum Gasteiger partial charge on any atom is -0.383 e. The summed E-state index contributed by atoms with van der Waals surface area (Å²) in [6.07, 6.45) is 1.71. The Morgan fingerprint density at radius 2 is 1.97 bits per heavy atom. The number of morpholine rings is 1. The molecule has 0 bridgehead atoms. The molecule has 0 spiro atoms. The third kappa shape index (κ3) is 4.55. The highest BCUT2D eigenvalue weighted by Crippen LogP contribution is 2.36. The zero-order valence-corrected chi connectivity index (χ0v) is 19.9. The van der Waals surface area contributed by atoms with E-state index in [1.54, 1.807) is 27.2 Å². The van der Waals surface area contributed by atoms with Gasteiger partial charge in [0.05, 0.1) is 30.3 Å². The molecule has 2 aliphatic rings. The Kier molecular flexibility index (Phi) is 7.21. The zero-order valence-electron chi connectivity index (χ0n) is 18.3. The van der Waals surface area contributed by atoms with Gasteiger partial charge in [-0.3, -0.25) is 19.1 Å². The minimum absolute atomic E-state index is 0.0186. The maximum atomic E-state index is 13.0. The van der Waals surface area contributed by atoms with Crippen molar-refractivity contribution in [2.24, 2.45) is 7.05 Å². The third-order valence-electron chi connectivity index (χ3n) is 5.36. The number of thiocarbonyl (C=S) groups is 1. The van der Waals surface area contributed by atoms with Crippen LogP contribution in [0.3, 0.4) is 0 Å². The minimum atomic E-state index is -0.355. The van der Waals surface area contributed by atoms with Crippen molar-refractivity contribution in [1.82, 2.24) is 9.47 Å². The predicted molar refractivity (Wildman–Crippen MR) is 125 cm³/mol. The molecule has 2 fully saturated rings. The molecule has 0 aromatic carbocycles. The molecule has 0 N–H and O–H groups in total. The number of nitrogens with zero attached hydrogens (tertiary/aromatic N) is 4. The quantitative estimate of drug-likeness (QED) is 0.485. The summed E-state index contributed by atoms with van der Waals surface area (Å²) in [6.45, 7) is 7.66. The van der Waals surface area contributed by atoms with Gasteiger partial charge in [-0.1, -0.05) is 24.0 Å². The summed E-state index contributed by atoms with van der Waals surface area (Å²) in [5.41, 5.74) is 0.940. The number of amides is 1. The molecule has 0 unspecified atom stereocenters. The molecule has 2 atom stereocenters. The van der Waals surface area contributed by atoms with Gasteiger partial charge >= 0.3 is 0 Å². The topological polar surface area (TPSA) is 87.8 Å². The fourth-order valence-electron chi connectivity index (χ4n) is 3.95. The molecular formula is C21H26N4O4S2. The Morgan fingerprint density at radius 1 is 1.32 bits per heavy atom. The van der Waals surface area contributed by atoms with E-state index < -0.39 is 0 Å². The first-order valence-corrected chi connectivity index (χ1v) is 11.2. The van der Waals surface area contributed by atoms with Crippen LogP contribution < -0.4 is 10.5 Å². The maximum Gasteiger partial charge on any atom is 0.270 e. The van der Waals surface area contributed by atoms with Crippen molar-refractivity contribution in [2.45, 2.75) is 33.0 Å². The van der Waals surface area contributed by atoms with Gasteiger partial charge in [0, 0.05) is 32.8 Å². The summed E-state index contributed by atoms with van der Waals surface area (Å²) in [5, 5.41) is 9.59. The van der Waals surface area contributed by atoms with Crippen LogP contribution in [0.15, 0.2) is 9.70 Å². The first kappa shape index (κ1) is 23.5. The highest BCUT2D eigenvalue weighted by atomic mass is 32.2. The standard InChI is InChI=1S/C21H26N4O4S2/c1-12-10-24(11-13(2)29-12)18-15(14(3)16(9-22)19(26)23(18)4)8-17-20(27)25(6-7-28-5)21(30)31-17/h8,12-13H,6-7,10-11H2,1-5H3/b17-8+/t12-,13-/m0/s1. The van der Waals surface area contributed by atoms with Gasteiger partial charge in [0.2, 0.25) is 0 Å². The van der Waals surface area contributed by atoms with E-state index >= 15 is 0 Å². The van der Waals surface area contributed by atoms with E-state index in [1.807, 2.05) is 19.9 Å². The number of ether oxygens (including phenoxy) is 2. The van der Waals surface area contributed by atoms with Gasteiger partial charge in [-0.15, -0.1) is 0 Å². The van der Waals surface area contributed by atoms with E-state index in [1.165, 1.54) is 21.2 Å². The molecule has 2 saturated heterocycles. The number of aromatic nitrogens is 1. The number of pyridine rings is 1. The monoisotopic (exact) mass is 462 g/mol. The SMILES string of the molecule is COCCN1C(=O)/C(=C\c2c(C)c(C#N)c(=O)n(C)c2N2C[C@H](C)O[C@@H](C)C2)SC1=S.